The highest BCUT2D eigenvalue weighted by atomic mass is 35.5. The molecule has 1 aromatic carbocycles. The van der Waals surface area contributed by atoms with Crippen molar-refractivity contribution in [2.45, 2.75) is 32.2 Å². The number of nitrogens with zero attached hydrogens (tertiary/aromatic N) is 2. The normalized spacial score (nSPS) is 18.0. The maximum absolute atomic E-state index is 12.3. The average Bonchev–Trinajstić information content (AvgIpc) is 2.94. The van der Waals surface area contributed by atoms with E-state index in [2.05, 4.69) is 17.1 Å². The number of likely N-dealkylation sites (tertiary alicyclic amines) is 1. The molecule has 126 valence electrons. The summed E-state index contributed by atoms with van der Waals surface area (Å²) in [6.45, 7) is 4.01. The summed E-state index contributed by atoms with van der Waals surface area (Å²) in [6, 6.07) is 2.80. The first-order valence-corrected chi connectivity index (χ1v) is 7.89. The molecule has 0 saturated carbocycles. The number of anilines is 1. The van der Waals surface area contributed by atoms with Crippen LogP contribution >= 0.6 is 11.6 Å². The summed E-state index contributed by atoms with van der Waals surface area (Å²) < 4.78 is 5.12. The lowest BCUT2D eigenvalue weighted by Crippen LogP contribution is -2.32. The van der Waals surface area contributed by atoms with Crippen LogP contribution in [0.5, 0.6) is 5.75 Å². The molecule has 1 saturated heterocycles. The lowest BCUT2D eigenvalue weighted by molar-refractivity contribution is -0.384. The monoisotopic (exact) mass is 341 g/mol. The Morgan fingerprint density at radius 3 is 2.91 bits per heavy atom. The highest BCUT2D eigenvalue weighted by molar-refractivity contribution is 6.33. The van der Waals surface area contributed by atoms with Gasteiger partial charge in [-0.25, -0.2) is 0 Å². The van der Waals surface area contributed by atoms with Gasteiger partial charge in [-0.2, -0.15) is 0 Å². The van der Waals surface area contributed by atoms with Crippen LogP contribution in [0.15, 0.2) is 12.1 Å². The number of carbonyl (C=O) groups excluding carboxylic acids is 1. The number of rotatable bonds is 6. The van der Waals surface area contributed by atoms with Crippen molar-refractivity contribution in [1.29, 1.82) is 0 Å². The van der Waals surface area contributed by atoms with Gasteiger partial charge in [0.05, 0.1) is 23.8 Å². The van der Waals surface area contributed by atoms with Crippen molar-refractivity contribution in [3.63, 3.8) is 0 Å². The standard InChI is InChI=1S/C15H20ClN3O4/c1-3-18-6-4-5-10(18)7-15(20)17-12-8-11(16)13(19(21)22)9-14(12)23-2/h8-10H,3-7H2,1-2H3,(H,17,20). The number of benzene rings is 1. The summed E-state index contributed by atoms with van der Waals surface area (Å²) in [4.78, 5) is 24.8. The van der Waals surface area contributed by atoms with Crippen molar-refractivity contribution in [1.82, 2.24) is 4.90 Å². The van der Waals surface area contributed by atoms with Gasteiger partial charge in [-0.15, -0.1) is 0 Å². The molecule has 1 N–H and O–H groups in total. The van der Waals surface area contributed by atoms with Crippen LogP contribution in [0.4, 0.5) is 11.4 Å². The number of methoxy groups -OCH3 is 1. The molecule has 7 nitrogen and oxygen atoms in total. The molecule has 1 aromatic rings. The average molecular weight is 342 g/mol. The lowest BCUT2D eigenvalue weighted by Gasteiger charge is -2.22. The number of carbonyl (C=O) groups is 1. The SMILES string of the molecule is CCN1CCCC1CC(=O)Nc1cc(Cl)c([N+](=O)[O-])cc1OC. The number of ether oxygens (including phenoxy) is 1. The number of amides is 1. The van der Waals surface area contributed by atoms with Gasteiger partial charge in [0.25, 0.3) is 5.69 Å². The largest absolute Gasteiger partial charge is 0.494 e. The maximum atomic E-state index is 12.3. The van der Waals surface area contributed by atoms with Crippen LogP contribution in [0.2, 0.25) is 5.02 Å². The lowest BCUT2D eigenvalue weighted by atomic mass is 10.1. The highest BCUT2D eigenvalue weighted by Crippen LogP contribution is 2.36. The topological polar surface area (TPSA) is 84.7 Å². The van der Waals surface area contributed by atoms with Crippen molar-refractivity contribution in [2.75, 3.05) is 25.5 Å². The molecule has 0 aliphatic carbocycles. The van der Waals surface area contributed by atoms with E-state index in [0.29, 0.717) is 12.1 Å². The highest BCUT2D eigenvalue weighted by Gasteiger charge is 2.26. The number of nitro benzene ring substituents is 1. The number of nitrogens with one attached hydrogen (secondary N) is 1. The minimum absolute atomic E-state index is 0.0397. The van der Waals surface area contributed by atoms with E-state index in [1.807, 2.05) is 0 Å². The molecule has 0 radical (unpaired) electrons. The Bertz CT molecular complexity index is 609. The van der Waals surface area contributed by atoms with E-state index in [1.54, 1.807) is 0 Å². The van der Waals surface area contributed by atoms with E-state index in [-0.39, 0.29) is 28.4 Å². The molecule has 23 heavy (non-hydrogen) atoms. The third-order valence-corrected chi connectivity index (χ3v) is 4.37. The van der Waals surface area contributed by atoms with Crippen LogP contribution < -0.4 is 10.1 Å². The Labute approximate surface area is 139 Å². The molecule has 1 fully saturated rings. The predicted octanol–water partition coefficient (Wildman–Crippen LogP) is 3.07. The molecule has 0 bridgehead atoms. The summed E-state index contributed by atoms with van der Waals surface area (Å²) >= 11 is 5.90. The molecule has 1 heterocycles. The summed E-state index contributed by atoms with van der Waals surface area (Å²) in [6.07, 6.45) is 2.48. The number of halogens is 1. The Morgan fingerprint density at radius 1 is 1.57 bits per heavy atom. The van der Waals surface area contributed by atoms with Gasteiger partial charge < -0.3 is 15.0 Å². The summed E-state index contributed by atoms with van der Waals surface area (Å²) in [5, 5.41) is 13.6. The zero-order valence-corrected chi connectivity index (χ0v) is 13.9. The molecule has 0 aromatic heterocycles. The van der Waals surface area contributed by atoms with E-state index in [4.69, 9.17) is 16.3 Å². The molecule has 2 rings (SSSR count). The van der Waals surface area contributed by atoms with Gasteiger partial charge in [0, 0.05) is 12.5 Å². The van der Waals surface area contributed by atoms with E-state index >= 15 is 0 Å². The molecule has 1 unspecified atom stereocenters. The predicted molar refractivity (Wildman–Crippen MR) is 88.2 cm³/mol. The number of hydrogen-bond acceptors (Lipinski definition) is 5. The third-order valence-electron chi connectivity index (χ3n) is 4.07. The number of nitro groups is 1. The van der Waals surface area contributed by atoms with Gasteiger partial charge >= 0.3 is 0 Å². The first-order chi connectivity index (χ1) is 11.0. The van der Waals surface area contributed by atoms with Crippen LogP contribution in [-0.2, 0) is 4.79 Å². The fourth-order valence-electron chi connectivity index (χ4n) is 2.91. The smallest absolute Gasteiger partial charge is 0.291 e. The summed E-state index contributed by atoms with van der Waals surface area (Å²) in [7, 11) is 1.39. The van der Waals surface area contributed by atoms with E-state index in [0.717, 1.165) is 25.9 Å². The molecule has 1 aliphatic heterocycles. The molecule has 8 heteroatoms. The third kappa shape index (κ3) is 4.11. The fourth-order valence-corrected chi connectivity index (χ4v) is 3.14. The molecule has 0 spiro atoms. The first kappa shape index (κ1) is 17.5. The zero-order valence-electron chi connectivity index (χ0n) is 13.2. The molecule has 1 aliphatic rings. The van der Waals surface area contributed by atoms with Gasteiger partial charge in [-0.3, -0.25) is 14.9 Å². The van der Waals surface area contributed by atoms with Gasteiger partial charge in [0.2, 0.25) is 5.91 Å². The molecule has 1 amide bonds. The van der Waals surface area contributed by atoms with Crippen molar-refractivity contribution < 1.29 is 14.5 Å². The van der Waals surface area contributed by atoms with Crippen LogP contribution in [0.3, 0.4) is 0 Å². The van der Waals surface area contributed by atoms with Crippen LogP contribution in [0.25, 0.3) is 0 Å². The second kappa shape index (κ2) is 7.61. The van der Waals surface area contributed by atoms with E-state index in [1.165, 1.54) is 19.2 Å². The Balaban J connectivity index is 2.11. The maximum Gasteiger partial charge on any atom is 0.291 e. The van der Waals surface area contributed by atoms with Crippen LogP contribution in [-0.4, -0.2) is 42.0 Å². The number of hydrogen-bond donors (Lipinski definition) is 1. The Hall–Kier alpha value is -1.86. The second-order valence-corrected chi connectivity index (χ2v) is 5.85. The fraction of sp³-hybridized carbons (Fsp3) is 0.533. The van der Waals surface area contributed by atoms with Crippen molar-refractivity contribution >= 4 is 28.9 Å². The van der Waals surface area contributed by atoms with Gasteiger partial charge in [0.15, 0.2) is 0 Å². The minimum Gasteiger partial charge on any atom is -0.494 e. The van der Waals surface area contributed by atoms with Gasteiger partial charge in [-0.1, -0.05) is 18.5 Å². The molecule has 1 atom stereocenters. The van der Waals surface area contributed by atoms with E-state index in [9.17, 15) is 14.9 Å². The Morgan fingerprint density at radius 2 is 2.30 bits per heavy atom. The molecular weight excluding hydrogens is 322 g/mol. The first-order valence-electron chi connectivity index (χ1n) is 7.52. The van der Waals surface area contributed by atoms with Crippen molar-refractivity contribution in [2.24, 2.45) is 0 Å². The van der Waals surface area contributed by atoms with Crippen LogP contribution in [0, 0.1) is 10.1 Å². The zero-order chi connectivity index (χ0) is 17.0. The van der Waals surface area contributed by atoms with Crippen molar-refractivity contribution in [3.05, 3.63) is 27.3 Å². The second-order valence-electron chi connectivity index (χ2n) is 5.44. The van der Waals surface area contributed by atoms with Gasteiger partial charge in [-0.05, 0) is 32.0 Å². The Kier molecular flexibility index (Phi) is 5.79. The van der Waals surface area contributed by atoms with Crippen molar-refractivity contribution in [3.8, 4) is 5.75 Å². The quantitative estimate of drug-likeness (QED) is 0.635. The van der Waals surface area contributed by atoms with Gasteiger partial charge in [0.1, 0.15) is 10.8 Å². The minimum atomic E-state index is -0.589. The van der Waals surface area contributed by atoms with Crippen LogP contribution in [0.1, 0.15) is 26.2 Å². The van der Waals surface area contributed by atoms with E-state index < -0.39 is 4.92 Å². The summed E-state index contributed by atoms with van der Waals surface area (Å²) in [5.74, 6) is 0.0618. The summed E-state index contributed by atoms with van der Waals surface area (Å²) in [5.41, 5.74) is 0.0867. The molecular formula is C15H20ClN3O4.